The Morgan fingerprint density at radius 3 is 2.50 bits per heavy atom. The zero-order valence-electron chi connectivity index (χ0n) is 12.2. The fraction of sp³-hybridized carbons (Fsp3) is 0.400. The first-order valence-corrected chi connectivity index (χ1v) is 6.51. The van der Waals surface area contributed by atoms with Crippen LogP contribution in [0.1, 0.15) is 31.9 Å². The Hall–Kier alpha value is -1.91. The molecule has 0 saturated carbocycles. The summed E-state index contributed by atoms with van der Waals surface area (Å²) in [7, 11) is 0. The molecule has 1 heterocycles. The zero-order chi connectivity index (χ0) is 14.9. The van der Waals surface area contributed by atoms with E-state index in [0.717, 1.165) is 5.56 Å². The van der Waals surface area contributed by atoms with E-state index in [1.54, 1.807) is 6.20 Å². The third kappa shape index (κ3) is 3.15. The van der Waals surface area contributed by atoms with E-state index in [4.69, 9.17) is 0 Å². The summed E-state index contributed by atoms with van der Waals surface area (Å²) in [5, 5.41) is 7.16. The molecular weight excluding hydrogens is 260 g/mol. The first-order chi connectivity index (χ1) is 9.27. The van der Waals surface area contributed by atoms with Crippen LogP contribution in [0.3, 0.4) is 0 Å². The molecule has 0 aliphatic rings. The van der Waals surface area contributed by atoms with Gasteiger partial charge in [0.1, 0.15) is 11.6 Å². The van der Waals surface area contributed by atoms with Crippen molar-refractivity contribution in [1.82, 2.24) is 9.78 Å². The lowest BCUT2D eigenvalue weighted by atomic mass is 10.1. The van der Waals surface area contributed by atoms with Crippen molar-refractivity contribution in [1.29, 1.82) is 0 Å². The van der Waals surface area contributed by atoms with Crippen molar-refractivity contribution in [3.8, 4) is 0 Å². The molecule has 1 N–H and O–H groups in total. The van der Waals surface area contributed by atoms with Crippen LogP contribution in [-0.4, -0.2) is 9.78 Å². The van der Waals surface area contributed by atoms with Gasteiger partial charge in [-0.2, -0.15) is 5.10 Å². The van der Waals surface area contributed by atoms with Crippen molar-refractivity contribution < 1.29 is 8.78 Å². The maximum atomic E-state index is 13.7. The van der Waals surface area contributed by atoms with E-state index >= 15 is 0 Å². The molecule has 20 heavy (non-hydrogen) atoms. The Morgan fingerprint density at radius 2 is 1.90 bits per heavy atom. The van der Waals surface area contributed by atoms with Crippen LogP contribution in [-0.2, 0) is 12.1 Å². The van der Waals surface area contributed by atoms with Gasteiger partial charge in [0.05, 0.1) is 17.4 Å². The number of anilines is 1. The second-order valence-corrected chi connectivity index (χ2v) is 5.90. The topological polar surface area (TPSA) is 29.9 Å². The SMILES string of the molecule is Cc1cc(F)c(NCc2cnn(C(C)(C)C)c2)cc1F. The van der Waals surface area contributed by atoms with E-state index in [9.17, 15) is 8.78 Å². The molecule has 0 saturated heterocycles. The normalized spacial score (nSPS) is 11.7. The third-order valence-corrected chi connectivity index (χ3v) is 3.05. The van der Waals surface area contributed by atoms with Gasteiger partial charge in [0.2, 0.25) is 0 Å². The average Bonchev–Trinajstić information content (AvgIpc) is 2.80. The average molecular weight is 279 g/mol. The Balaban J connectivity index is 2.09. The molecule has 0 atom stereocenters. The minimum atomic E-state index is -0.452. The fourth-order valence-corrected chi connectivity index (χ4v) is 1.80. The van der Waals surface area contributed by atoms with Gasteiger partial charge in [0.25, 0.3) is 0 Å². The molecule has 108 valence electrons. The van der Waals surface area contributed by atoms with Crippen molar-refractivity contribution in [2.75, 3.05) is 5.32 Å². The van der Waals surface area contributed by atoms with Crippen LogP contribution in [0.2, 0.25) is 0 Å². The molecule has 0 unspecified atom stereocenters. The van der Waals surface area contributed by atoms with Gasteiger partial charge in [0.15, 0.2) is 0 Å². The fourth-order valence-electron chi connectivity index (χ4n) is 1.80. The van der Waals surface area contributed by atoms with Crippen molar-refractivity contribution in [3.63, 3.8) is 0 Å². The number of nitrogens with one attached hydrogen (secondary N) is 1. The molecule has 0 amide bonds. The summed E-state index contributed by atoms with van der Waals surface area (Å²) >= 11 is 0. The van der Waals surface area contributed by atoms with Crippen LogP contribution in [0.15, 0.2) is 24.5 Å². The number of nitrogens with zero attached hydrogens (tertiary/aromatic N) is 2. The Morgan fingerprint density at radius 1 is 1.20 bits per heavy atom. The van der Waals surface area contributed by atoms with Gasteiger partial charge in [0, 0.05) is 24.4 Å². The third-order valence-electron chi connectivity index (χ3n) is 3.05. The molecule has 0 bridgehead atoms. The molecule has 3 nitrogen and oxygen atoms in total. The summed E-state index contributed by atoms with van der Waals surface area (Å²) in [6, 6.07) is 2.37. The van der Waals surface area contributed by atoms with Gasteiger partial charge in [-0.1, -0.05) is 0 Å². The van der Waals surface area contributed by atoms with Crippen molar-refractivity contribution >= 4 is 5.69 Å². The monoisotopic (exact) mass is 279 g/mol. The lowest BCUT2D eigenvalue weighted by Gasteiger charge is -2.18. The Labute approximate surface area is 117 Å². The summed E-state index contributed by atoms with van der Waals surface area (Å²) in [6.07, 6.45) is 3.62. The van der Waals surface area contributed by atoms with Crippen LogP contribution >= 0.6 is 0 Å². The Kier molecular flexibility index (Phi) is 3.79. The highest BCUT2D eigenvalue weighted by Crippen LogP contribution is 2.20. The second kappa shape index (κ2) is 5.23. The largest absolute Gasteiger partial charge is 0.378 e. The van der Waals surface area contributed by atoms with Crippen LogP contribution in [0.5, 0.6) is 0 Å². The highest BCUT2D eigenvalue weighted by molar-refractivity contribution is 5.47. The summed E-state index contributed by atoms with van der Waals surface area (Å²) in [5.41, 5.74) is 1.28. The molecule has 0 fully saturated rings. The van der Waals surface area contributed by atoms with Crippen molar-refractivity contribution in [2.45, 2.75) is 39.8 Å². The van der Waals surface area contributed by atoms with Crippen molar-refractivity contribution in [3.05, 3.63) is 47.3 Å². The minimum Gasteiger partial charge on any atom is -0.378 e. The molecular formula is C15H19F2N3. The van der Waals surface area contributed by atoms with Crippen LogP contribution in [0.25, 0.3) is 0 Å². The highest BCUT2D eigenvalue weighted by Gasteiger charge is 2.14. The minimum absolute atomic E-state index is 0.0978. The summed E-state index contributed by atoms with van der Waals surface area (Å²) in [4.78, 5) is 0. The van der Waals surface area contributed by atoms with Gasteiger partial charge in [-0.05, 0) is 39.3 Å². The van der Waals surface area contributed by atoms with Gasteiger partial charge >= 0.3 is 0 Å². The predicted octanol–water partition coefficient (Wildman–Crippen LogP) is 3.84. The molecule has 1 aromatic carbocycles. The van der Waals surface area contributed by atoms with Crippen LogP contribution in [0.4, 0.5) is 14.5 Å². The Bertz CT molecular complexity index is 612. The van der Waals surface area contributed by atoms with E-state index in [1.807, 2.05) is 31.6 Å². The highest BCUT2D eigenvalue weighted by atomic mass is 19.1. The quantitative estimate of drug-likeness (QED) is 0.925. The number of rotatable bonds is 3. The molecule has 0 aliphatic heterocycles. The van der Waals surface area contributed by atoms with E-state index in [-0.39, 0.29) is 11.2 Å². The van der Waals surface area contributed by atoms with Gasteiger partial charge < -0.3 is 5.32 Å². The predicted molar refractivity (Wildman–Crippen MR) is 75.6 cm³/mol. The zero-order valence-corrected chi connectivity index (χ0v) is 12.2. The number of halogens is 2. The summed E-state index contributed by atoms with van der Waals surface area (Å²) in [6.45, 7) is 8.08. The van der Waals surface area contributed by atoms with E-state index < -0.39 is 11.6 Å². The first-order valence-electron chi connectivity index (χ1n) is 6.51. The maximum Gasteiger partial charge on any atom is 0.146 e. The second-order valence-electron chi connectivity index (χ2n) is 5.90. The van der Waals surface area contributed by atoms with E-state index in [2.05, 4.69) is 10.4 Å². The standard InChI is InChI=1S/C15H19F2N3/c1-10-5-13(17)14(6-12(10)16)18-7-11-8-19-20(9-11)15(2,3)4/h5-6,8-9,18H,7H2,1-4H3. The van der Waals surface area contributed by atoms with E-state index in [0.29, 0.717) is 12.1 Å². The lowest BCUT2D eigenvalue weighted by molar-refractivity contribution is 0.355. The summed E-state index contributed by atoms with van der Waals surface area (Å²) < 4.78 is 28.9. The smallest absolute Gasteiger partial charge is 0.146 e. The first kappa shape index (κ1) is 14.5. The van der Waals surface area contributed by atoms with Gasteiger partial charge in [-0.15, -0.1) is 0 Å². The van der Waals surface area contributed by atoms with Crippen LogP contribution < -0.4 is 5.32 Å². The lowest BCUT2D eigenvalue weighted by Crippen LogP contribution is -2.22. The number of hydrogen-bond acceptors (Lipinski definition) is 2. The van der Waals surface area contributed by atoms with Gasteiger partial charge in [-0.3, -0.25) is 4.68 Å². The molecule has 2 rings (SSSR count). The number of aryl methyl sites for hydroxylation is 1. The molecule has 2 aromatic rings. The molecule has 1 aromatic heterocycles. The maximum absolute atomic E-state index is 13.7. The number of benzene rings is 1. The van der Waals surface area contributed by atoms with Crippen molar-refractivity contribution in [2.24, 2.45) is 0 Å². The molecule has 5 heteroatoms. The van der Waals surface area contributed by atoms with E-state index in [1.165, 1.54) is 19.1 Å². The van der Waals surface area contributed by atoms with Gasteiger partial charge in [-0.25, -0.2) is 8.78 Å². The molecule has 0 aliphatic carbocycles. The molecule has 0 radical (unpaired) electrons. The molecule has 0 spiro atoms. The summed E-state index contributed by atoms with van der Waals surface area (Å²) in [5.74, 6) is -0.869. The number of hydrogen-bond donors (Lipinski definition) is 1. The van der Waals surface area contributed by atoms with Crippen LogP contribution in [0, 0.1) is 18.6 Å². The number of aromatic nitrogens is 2.